The van der Waals surface area contributed by atoms with Crippen LogP contribution >= 0.6 is 11.6 Å². The fourth-order valence-electron chi connectivity index (χ4n) is 2.11. The van der Waals surface area contributed by atoms with Crippen LogP contribution in [0.3, 0.4) is 0 Å². The van der Waals surface area contributed by atoms with E-state index in [2.05, 4.69) is 4.98 Å². The molecule has 5 nitrogen and oxygen atoms in total. The van der Waals surface area contributed by atoms with Crippen LogP contribution in [0, 0.1) is 0 Å². The lowest BCUT2D eigenvalue weighted by Gasteiger charge is -2.27. The smallest absolute Gasteiger partial charge is 0.410 e. The minimum absolute atomic E-state index is 0.554. The van der Waals surface area contributed by atoms with Gasteiger partial charge in [0.2, 0.25) is 0 Å². The van der Waals surface area contributed by atoms with E-state index in [0.29, 0.717) is 17.0 Å². The number of hydrogen-bond donors (Lipinski definition) is 1. The van der Waals surface area contributed by atoms with Crippen molar-refractivity contribution in [2.75, 3.05) is 7.05 Å². The number of hydrogen-bond acceptors (Lipinski definition) is 3. The number of aromatic amines is 1. The number of benzene rings is 1. The number of nitrogens with one attached hydrogen (secondary N) is 1. The second kappa shape index (κ2) is 6.01. The number of H-pyrrole nitrogens is 1. The van der Waals surface area contributed by atoms with Crippen LogP contribution in [0.4, 0.5) is 4.79 Å². The Bertz CT molecular complexity index is 703. The quantitative estimate of drug-likeness (QED) is 0.871. The van der Waals surface area contributed by atoms with Gasteiger partial charge in [-0.3, -0.25) is 4.90 Å². The van der Waals surface area contributed by atoms with Gasteiger partial charge in [0.05, 0.1) is 0 Å². The minimum atomic E-state index is -0.749. The van der Waals surface area contributed by atoms with Gasteiger partial charge in [-0.1, -0.05) is 11.6 Å². The molecule has 0 radical (unpaired) electrons. The average Bonchev–Trinajstić information content (AvgIpc) is 2.79. The molecule has 6 heteroatoms. The van der Waals surface area contributed by atoms with Crippen LogP contribution < -0.4 is 0 Å². The Hall–Kier alpha value is -2.01. The summed E-state index contributed by atoms with van der Waals surface area (Å²) in [5.74, 6) is 0. The van der Waals surface area contributed by atoms with Gasteiger partial charge in [0.1, 0.15) is 17.9 Å². The molecule has 22 heavy (non-hydrogen) atoms. The summed E-state index contributed by atoms with van der Waals surface area (Å²) < 4.78 is 5.29. The fraction of sp³-hybridized carbons (Fsp3) is 0.375. The van der Waals surface area contributed by atoms with Gasteiger partial charge in [-0.15, -0.1) is 0 Å². The molecule has 2 rings (SSSR count). The van der Waals surface area contributed by atoms with E-state index < -0.39 is 17.7 Å². The lowest BCUT2D eigenvalue weighted by Crippen LogP contribution is -2.37. The summed E-state index contributed by atoms with van der Waals surface area (Å²) in [6.07, 6.45) is 0.150. The zero-order valence-electron chi connectivity index (χ0n) is 13.0. The molecule has 1 amide bonds. The molecule has 1 N–H and O–H groups in total. The van der Waals surface area contributed by atoms with E-state index >= 15 is 0 Å². The summed E-state index contributed by atoms with van der Waals surface area (Å²) in [7, 11) is 1.53. The molecule has 1 unspecified atom stereocenters. The fourth-order valence-corrected chi connectivity index (χ4v) is 2.29. The Balaban J connectivity index is 2.29. The standard InChI is InChI=1S/C16H19ClN2O3/c1-16(2,3)22-15(21)19(4)14(9-20)13-8-10-7-11(17)5-6-12(10)18-13/h5-9,14,18H,1-4H3. The highest BCUT2D eigenvalue weighted by atomic mass is 35.5. The Morgan fingerprint density at radius 3 is 2.64 bits per heavy atom. The predicted octanol–water partition coefficient (Wildman–Crippen LogP) is 3.93. The lowest BCUT2D eigenvalue weighted by molar-refractivity contribution is -0.112. The maximum Gasteiger partial charge on any atom is 0.410 e. The van der Waals surface area contributed by atoms with E-state index in [4.69, 9.17) is 16.3 Å². The first-order chi connectivity index (χ1) is 10.2. The summed E-state index contributed by atoms with van der Waals surface area (Å²) in [5.41, 5.74) is 0.844. The number of ether oxygens (including phenoxy) is 1. The molecular formula is C16H19ClN2O3. The number of carbonyl (C=O) groups excluding carboxylic acids is 2. The molecule has 2 aromatic rings. The van der Waals surface area contributed by atoms with Crippen molar-refractivity contribution >= 4 is 34.9 Å². The van der Waals surface area contributed by atoms with Gasteiger partial charge >= 0.3 is 6.09 Å². The monoisotopic (exact) mass is 322 g/mol. The molecule has 0 saturated heterocycles. The van der Waals surface area contributed by atoms with E-state index in [1.54, 1.807) is 39.0 Å². The second-order valence-corrected chi connectivity index (χ2v) is 6.56. The van der Waals surface area contributed by atoms with E-state index in [0.717, 1.165) is 10.9 Å². The maximum atomic E-state index is 12.1. The first-order valence-corrected chi connectivity index (χ1v) is 7.28. The molecule has 1 atom stereocenters. The van der Waals surface area contributed by atoms with Crippen LogP contribution in [0.15, 0.2) is 24.3 Å². The van der Waals surface area contributed by atoms with Gasteiger partial charge in [-0.25, -0.2) is 4.79 Å². The minimum Gasteiger partial charge on any atom is -0.444 e. The number of fused-ring (bicyclic) bond motifs is 1. The third-order valence-corrected chi connectivity index (χ3v) is 3.38. The number of aromatic nitrogens is 1. The summed E-state index contributed by atoms with van der Waals surface area (Å²) in [5, 5.41) is 1.49. The zero-order chi connectivity index (χ0) is 16.5. The van der Waals surface area contributed by atoms with Gasteiger partial charge in [0.15, 0.2) is 0 Å². The van der Waals surface area contributed by atoms with Crippen molar-refractivity contribution in [2.45, 2.75) is 32.4 Å². The first kappa shape index (κ1) is 16.4. The van der Waals surface area contributed by atoms with Gasteiger partial charge in [-0.2, -0.15) is 0 Å². The molecule has 0 aliphatic rings. The van der Waals surface area contributed by atoms with Gasteiger partial charge in [0.25, 0.3) is 0 Å². The average molecular weight is 323 g/mol. The Kier molecular flexibility index (Phi) is 4.47. The molecule has 0 aliphatic carbocycles. The number of aldehydes is 1. The summed E-state index contributed by atoms with van der Waals surface area (Å²) >= 11 is 5.96. The Morgan fingerprint density at radius 1 is 1.36 bits per heavy atom. The van der Waals surface area contributed by atoms with Crippen molar-refractivity contribution in [1.82, 2.24) is 9.88 Å². The number of amides is 1. The van der Waals surface area contributed by atoms with Crippen LogP contribution in [-0.2, 0) is 9.53 Å². The van der Waals surface area contributed by atoms with E-state index in [1.807, 2.05) is 6.07 Å². The van der Waals surface area contributed by atoms with Crippen molar-refractivity contribution in [3.05, 3.63) is 35.0 Å². The van der Waals surface area contributed by atoms with Crippen LogP contribution in [0.1, 0.15) is 32.5 Å². The number of rotatable bonds is 3. The Morgan fingerprint density at radius 2 is 2.05 bits per heavy atom. The van der Waals surface area contributed by atoms with Crippen molar-refractivity contribution in [2.24, 2.45) is 0 Å². The van der Waals surface area contributed by atoms with Crippen molar-refractivity contribution in [3.8, 4) is 0 Å². The van der Waals surface area contributed by atoms with Crippen molar-refractivity contribution in [3.63, 3.8) is 0 Å². The molecule has 0 bridgehead atoms. The molecule has 0 fully saturated rings. The van der Waals surface area contributed by atoms with Crippen molar-refractivity contribution < 1.29 is 14.3 Å². The summed E-state index contributed by atoms with van der Waals surface area (Å²) in [4.78, 5) is 28.0. The largest absolute Gasteiger partial charge is 0.444 e. The molecule has 1 heterocycles. The highest BCUT2D eigenvalue weighted by Crippen LogP contribution is 2.25. The van der Waals surface area contributed by atoms with Crippen LogP contribution in [-0.4, -0.2) is 34.9 Å². The predicted molar refractivity (Wildman–Crippen MR) is 86.1 cm³/mol. The van der Waals surface area contributed by atoms with Gasteiger partial charge in [0, 0.05) is 28.7 Å². The van der Waals surface area contributed by atoms with Gasteiger partial charge in [-0.05, 0) is 45.0 Å². The topological polar surface area (TPSA) is 62.4 Å². The molecule has 0 saturated carbocycles. The van der Waals surface area contributed by atoms with Crippen LogP contribution in [0.2, 0.25) is 5.02 Å². The molecule has 0 spiro atoms. The number of nitrogens with zero attached hydrogens (tertiary/aromatic N) is 1. The van der Waals surface area contributed by atoms with E-state index in [9.17, 15) is 9.59 Å². The highest BCUT2D eigenvalue weighted by molar-refractivity contribution is 6.31. The molecular weight excluding hydrogens is 304 g/mol. The number of carbonyl (C=O) groups is 2. The Labute approximate surface area is 134 Å². The third kappa shape index (κ3) is 3.60. The molecule has 118 valence electrons. The number of likely N-dealkylation sites (N-methyl/N-ethyl adjacent to an activating group) is 1. The number of halogens is 1. The summed E-state index contributed by atoms with van der Waals surface area (Å²) in [6, 6.07) is 6.45. The third-order valence-electron chi connectivity index (χ3n) is 3.15. The van der Waals surface area contributed by atoms with Crippen molar-refractivity contribution in [1.29, 1.82) is 0 Å². The SMILES string of the molecule is CN(C(=O)OC(C)(C)C)C(C=O)c1cc2cc(Cl)ccc2[nH]1. The normalized spacial score (nSPS) is 13.0. The molecule has 1 aromatic heterocycles. The maximum absolute atomic E-state index is 12.1. The second-order valence-electron chi connectivity index (χ2n) is 6.13. The molecule has 0 aliphatic heterocycles. The van der Waals surface area contributed by atoms with E-state index in [-0.39, 0.29) is 0 Å². The van der Waals surface area contributed by atoms with E-state index in [1.165, 1.54) is 11.9 Å². The lowest BCUT2D eigenvalue weighted by atomic mass is 10.2. The van der Waals surface area contributed by atoms with Gasteiger partial charge < -0.3 is 14.5 Å². The highest BCUT2D eigenvalue weighted by Gasteiger charge is 2.27. The molecule has 1 aromatic carbocycles. The van der Waals surface area contributed by atoms with Crippen LogP contribution in [0.25, 0.3) is 10.9 Å². The van der Waals surface area contributed by atoms with Crippen LogP contribution in [0.5, 0.6) is 0 Å². The zero-order valence-corrected chi connectivity index (χ0v) is 13.8. The first-order valence-electron chi connectivity index (χ1n) is 6.90. The summed E-state index contributed by atoms with van der Waals surface area (Å²) in [6.45, 7) is 5.33.